The maximum atomic E-state index is 12.4. The van der Waals surface area contributed by atoms with Gasteiger partial charge in [-0.1, -0.05) is 12.1 Å². The van der Waals surface area contributed by atoms with Crippen LogP contribution in [0, 0.1) is 32.1 Å². The predicted molar refractivity (Wildman–Crippen MR) is 132 cm³/mol. The van der Waals surface area contributed by atoms with Crippen LogP contribution in [-0.4, -0.2) is 47.5 Å². The van der Waals surface area contributed by atoms with Gasteiger partial charge in [0.25, 0.3) is 0 Å². The highest BCUT2D eigenvalue weighted by molar-refractivity contribution is 5.97. The third-order valence-electron chi connectivity index (χ3n) is 6.92. The van der Waals surface area contributed by atoms with Gasteiger partial charge in [-0.3, -0.25) is 14.8 Å². The zero-order chi connectivity index (χ0) is 23.8. The number of fused-ring (bicyclic) bond motifs is 2. The standard InChI is InChI=1S/C27H28N4O3/c1-17-5-6-21-23(14-25(32)34-26(21)18(17)2)24-13-22-20(15-29-19(3)27(22)33-24)16-31-11-9-30(10-12-31)8-4-7-28/h5-6,13-15H,4,8-12,16H2,1-3H3. The Morgan fingerprint density at radius 3 is 2.53 bits per heavy atom. The van der Waals surface area contributed by atoms with Crippen molar-refractivity contribution in [3.8, 4) is 17.4 Å². The molecule has 0 radical (unpaired) electrons. The summed E-state index contributed by atoms with van der Waals surface area (Å²) in [6.45, 7) is 11.4. The highest BCUT2D eigenvalue weighted by Crippen LogP contribution is 2.35. The number of rotatable bonds is 5. The molecule has 1 aliphatic heterocycles. The molecule has 34 heavy (non-hydrogen) atoms. The summed E-state index contributed by atoms with van der Waals surface area (Å²) in [5, 5.41) is 10.7. The Morgan fingerprint density at radius 1 is 1.00 bits per heavy atom. The summed E-state index contributed by atoms with van der Waals surface area (Å²) in [6.07, 6.45) is 2.51. The molecular formula is C27H28N4O3. The second kappa shape index (κ2) is 9.05. The van der Waals surface area contributed by atoms with Crippen LogP contribution in [0.3, 0.4) is 0 Å². The van der Waals surface area contributed by atoms with Crippen molar-refractivity contribution >= 4 is 21.9 Å². The summed E-state index contributed by atoms with van der Waals surface area (Å²) in [4.78, 5) is 21.7. The average molecular weight is 457 g/mol. The van der Waals surface area contributed by atoms with Gasteiger partial charge >= 0.3 is 5.63 Å². The van der Waals surface area contributed by atoms with Crippen molar-refractivity contribution in [2.24, 2.45) is 0 Å². The van der Waals surface area contributed by atoms with Crippen molar-refractivity contribution in [3.63, 3.8) is 0 Å². The van der Waals surface area contributed by atoms with Crippen molar-refractivity contribution in [1.82, 2.24) is 14.8 Å². The fourth-order valence-corrected chi connectivity index (χ4v) is 4.74. The molecule has 3 aromatic heterocycles. The highest BCUT2D eigenvalue weighted by Gasteiger charge is 2.21. The van der Waals surface area contributed by atoms with Crippen molar-refractivity contribution in [2.75, 3.05) is 32.7 Å². The minimum absolute atomic E-state index is 0.388. The number of piperazine rings is 1. The van der Waals surface area contributed by atoms with Gasteiger partial charge in [-0.15, -0.1) is 0 Å². The maximum Gasteiger partial charge on any atom is 0.336 e. The van der Waals surface area contributed by atoms with E-state index in [1.807, 2.05) is 45.2 Å². The lowest BCUT2D eigenvalue weighted by atomic mass is 10.0. The Labute approximate surface area is 198 Å². The molecule has 0 spiro atoms. The quantitative estimate of drug-likeness (QED) is 0.407. The number of nitrogens with zero attached hydrogens (tertiary/aromatic N) is 4. The van der Waals surface area contributed by atoms with Gasteiger partial charge in [-0.05, 0) is 43.5 Å². The first kappa shape index (κ1) is 22.3. The molecule has 1 saturated heterocycles. The van der Waals surface area contributed by atoms with Gasteiger partial charge in [0.2, 0.25) is 0 Å². The molecule has 1 aliphatic rings. The van der Waals surface area contributed by atoms with Gasteiger partial charge in [0.15, 0.2) is 5.58 Å². The second-order valence-corrected chi connectivity index (χ2v) is 9.11. The average Bonchev–Trinajstić information content (AvgIpc) is 3.29. The van der Waals surface area contributed by atoms with Crippen LogP contribution in [0.1, 0.15) is 28.8 Å². The van der Waals surface area contributed by atoms with E-state index in [0.29, 0.717) is 17.8 Å². The zero-order valence-corrected chi connectivity index (χ0v) is 19.9. The summed E-state index contributed by atoms with van der Waals surface area (Å²) in [5.41, 5.74) is 5.68. The molecule has 0 atom stereocenters. The van der Waals surface area contributed by atoms with E-state index < -0.39 is 0 Å². The molecule has 0 amide bonds. The molecule has 0 unspecified atom stereocenters. The van der Waals surface area contributed by atoms with Gasteiger partial charge in [-0.25, -0.2) is 4.79 Å². The van der Waals surface area contributed by atoms with Crippen LogP contribution in [-0.2, 0) is 6.54 Å². The molecule has 5 rings (SSSR count). The molecule has 7 nitrogen and oxygen atoms in total. The van der Waals surface area contributed by atoms with E-state index in [4.69, 9.17) is 14.1 Å². The maximum absolute atomic E-state index is 12.4. The molecule has 4 heterocycles. The lowest BCUT2D eigenvalue weighted by Gasteiger charge is -2.34. The Kier molecular flexibility index (Phi) is 5.94. The van der Waals surface area contributed by atoms with E-state index in [9.17, 15) is 4.79 Å². The van der Waals surface area contributed by atoms with Crippen molar-refractivity contribution in [3.05, 3.63) is 63.3 Å². The van der Waals surface area contributed by atoms with Crippen LogP contribution < -0.4 is 5.63 Å². The van der Waals surface area contributed by atoms with Crippen LogP contribution in [0.4, 0.5) is 0 Å². The zero-order valence-electron chi connectivity index (χ0n) is 19.9. The molecule has 0 N–H and O–H groups in total. The molecule has 0 saturated carbocycles. The SMILES string of the molecule is Cc1ccc2c(-c3cc4c(CN5CCN(CCC#N)CC5)cnc(C)c4o3)cc(=O)oc2c1C. The summed E-state index contributed by atoms with van der Waals surface area (Å²) in [7, 11) is 0. The summed E-state index contributed by atoms with van der Waals surface area (Å²) in [5.74, 6) is 0.648. The monoisotopic (exact) mass is 456 g/mol. The lowest BCUT2D eigenvalue weighted by Crippen LogP contribution is -2.46. The van der Waals surface area contributed by atoms with Crippen LogP contribution in [0.5, 0.6) is 0 Å². The number of aryl methyl sites for hydroxylation is 3. The number of benzene rings is 1. The Bertz CT molecular complexity index is 1470. The third-order valence-corrected chi connectivity index (χ3v) is 6.92. The fourth-order valence-electron chi connectivity index (χ4n) is 4.74. The normalized spacial score (nSPS) is 15.2. The van der Waals surface area contributed by atoms with Gasteiger partial charge < -0.3 is 8.83 Å². The van der Waals surface area contributed by atoms with Crippen LogP contribution >= 0.6 is 0 Å². The minimum atomic E-state index is -0.388. The number of pyridine rings is 1. The Balaban J connectivity index is 1.50. The van der Waals surface area contributed by atoms with E-state index in [-0.39, 0.29) is 5.63 Å². The molecule has 4 aromatic rings. The predicted octanol–water partition coefficient (Wildman–Crippen LogP) is 4.56. The smallest absolute Gasteiger partial charge is 0.336 e. The lowest BCUT2D eigenvalue weighted by molar-refractivity contribution is 0.129. The highest BCUT2D eigenvalue weighted by atomic mass is 16.4. The number of hydrogen-bond donors (Lipinski definition) is 0. The number of aromatic nitrogens is 1. The summed E-state index contributed by atoms with van der Waals surface area (Å²) >= 11 is 0. The topological polar surface area (TPSA) is 86.5 Å². The van der Waals surface area contributed by atoms with Gasteiger partial charge in [-0.2, -0.15) is 5.26 Å². The van der Waals surface area contributed by atoms with Crippen molar-refractivity contribution in [1.29, 1.82) is 5.26 Å². The van der Waals surface area contributed by atoms with E-state index in [2.05, 4.69) is 20.9 Å². The summed E-state index contributed by atoms with van der Waals surface area (Å²) in [6, 6.07) is 9.80. The number of furan rings is 1. The third kappa shape index (κ3) is 4.11. The number of hydrogen-bond acceptors (Lipinski definition) is 7. The second-order valence-electron chi connectivity index (χ2n) is 9.11. The van der Waals surface area contributed by atoms with Crippen LogP contribution in [0.2, 0.25) is 0 Å². The largest absolute Gasteiger partial charge is 0.454 e. The van der Waals surface area contributed by atoms with Gasteiger partial charge in [0.05, 0.1) is 11.8 Å². The van der Waals surface area contributed by atoms with E-state index >= 15 is 0 Å². The first-order chi connectivity index (χ1) is 16.4. The van der Waals surface area contributed by atoms with Gasteiger partial charge in [0, 0.05) is 74.3 Å². The Morgan fingerprint density at radius 2 is 1.76 bits per heavy atom. The van der Waals surface area contributed by atoms with Crippen molar-refractivity contribution < 1.29 is 8.83 Å². The Hall–Kier alpha value is -3.47. The molecule has 7 heteroatoms. The first-order valence-corrected chi connectivity index (χ1v) is 11.7. The molecule has 0 bridgehead atoms. The fraction of sp³-hybridized carbons (Fsp3) is 0.370. The molecule has 1 fully saturated rings. The van der Waals surface area contributed by atoms with E-state index in [1.54, 1.807) is 0 Å². The minimum Gasteiger partial charge on any atom is -0.454 e. The van der Waals surface area contributed by atoms with Gasteiger partial charge in [0.1, 0.15) is 11.3 Å². The van der Waals surface area contributed by atoms with Crippen LogP contribution in [0.25, 0.3) is 33.3 Å². The molecular weight excluding hydrogens is 428 g/mol. The first-order valence-electron chi connectivity index (χ1n) is 11.7. The number of nitriles is 1. The van der Waals surface area contributed by atoms with Crippen LogP contribution in [0.15, 0.2) is 44.1 Å². The summed E-state index contributed by atoms with van der Waals surface area (Å²) < 4.78 is 11.9. The molecule has 1 aromatic carbocycles. The van der Waals surface area contributed by atoms with E-state index in [1.165, 1.54) is 6.07 Å². The van der Waals surface area contributed by atoms with E-state index in [0.717, 1.165) is 83.6 Å². The molecule has 174 valence electrons. The van der Waals surface area contributed by atoms with Crippen molar-refractivity contribution in [2.45, 2.75) is 33.7 Å². The molecule has 0 aliphatic carbocycles.